The molecule has 2 aliphatic heterocycles. The Bertz CT molecular complexity index is 1680. The number of piperazine rings is 1. The predicted octanol–water partition coefficient (Wildman–Crippen LogP) is 3.42. The van der Waals surface area contributed by atoms with Gasteiger partial charge in [-0.15, -0.1) is 11.3 Å². The smallest absolute Gasteiger partial charge is 0.346 e. The summed E-state index contributed by atoms with van der Waals surface area (Å²) < 4.78 is 27.5. The number of thiophene rings is 1. The third kappa shape index (κ3) is 5.57. The Balaban J connectivity index is 1.12. The molecule has 0 saturated carbocycles. The Hall–Kier alpha value is -4.54. The summed E-state index contributed by atoms with van der Waals surface area (Å²) in [6, 6.07) is 13.0. The lowest BCUT2D eigenvalue weighted by atomic mass is 10.1. The van der Waals surface area contributed by atoms with Gasteiger partial charge in [0.1, 0.15) is 33.8 Å². The zero-order chi connectivity index (χ0) is 28.5. The van der Waals surface area contributed by atoms with E-state index in [9.17, 15) is 19.1 Å². The van der Waals surface area contributed by atoms with E-state index in [4.69, 9.17) is 14.7 Å². The van der Waals surface area contributed by atoms with Crippen LogP contribution in [-0.4, -0.2) is 68.8 Å². The fraction of sp³-hybridized carbons (Fsp3) is 0.321. The van der Waals surface area contributed by atoms with Crippen LogP contribution in [0, 0.1) is 17.1 Å². The quantitative estimate of drug-likeness (QED) is 0.318. The normalized spacial score (nSPS) is 17.0. The first-order chi connectivity index (χ1) is 19.9. The van der Waals surface area contributed by atoms with E-state index in [1.54, 1.807) is 29.2 Å². The summed E-state index contributed by atoms with van der Waals surface area (Å²) in [5.41, 5.74) is 1.28. The molecule has 3 aromatic heterocycles. The summed E-state index contributed by atoms with van der Waals surface area (Å²) >= 11 is 1.12. The first-order valence-electron chi connectivity index (χ1n) is 13.0. The number of nitriles is 1. The van der Waals surface area contributed by atoms with E-state index in [-0.39, 0.29) is 35.6 Å². The van der Waals surface area contributed by atoms with Crippen LogP contribution in [0.1, 0.15) is 33.0 Å². The Labute approximate surface area is 238 Å². The molecule has 41 heavy (non-hydrogen) atoms. The van der Waals surface area contributed by atoms with Crippen molar-refractivity contribution < 1.29 is 28.6 Å². The van der Waals surface area contributed by atoms with Crippen molar-refractivity contribution in [2.75, 3.05) is 31.1 Å². The van der Waals surface area contributed by atoms with Crippen molar-refractivity contribution in [3.8, 4) is 11.9 Å². The molecule has 1 amide bonds. The molecule has 2 fully saturated rings. The number of nitrogens with zero attached hydrogens (tertiary/aromatic N) is 6. The highest BCUT2D eigenvalue weighted by Gasteiger charge is 2.29. The van der Waals surface area contributed by atoms with Crippen molar-refractivity contribution in [2.24, 2.45) is 0 Å². The fourth-order valence-electron chi connectivity index (χ4n) is 4.81. The van der Waals surface area contributed by atoms with E-state index in [1.807, 2.05) is 15.5 Å². The van der Waals surface area contributed by atoms with Gasteiger partial charge in [0.15, 0.2) is 0 Å². The summed E-state index contributed by atoms with van der Waals surface area (Å²) in [5, 5.41) is 18.3. The van der Waals surface area contributed by atoms with Gasteiger partial charge in [0.25, 0.3) is 0 Å². The molecule has 0 aliphatic carbocycles. The van der Waals surface area contributed by atoms with E-state index < -0.39 is 11.8 Å². The number of pyridine rings is 1. The zero-order valence-electron chi connectivity index (χ0n) is 21.8. The maximum atomic E-state index is 14.2. The molecule has 1 unspecified atom stereocenters. The minimum Gasteiger partial charge on any atom is -0.477 e. The predicted molar refractivity (Wildman–Crippen MR) is 146 cm³/mol. The van der Waals surface area contributed by atoms with Gasteiger partial charge in [0.05, 0.1) is 42.9 Å². The topological polar surface area (TPSA) is 134 Å². The second kappa shape index (κ2) is 11.1. The summed E-state index contributed by atoms with van der Waals surface area (Å²) in [6.45, 7) is 2.61. The molecule has 0 radical (unpaired) electrons. The minimum absolute atomic E-state index is 0.0425. The number of hydrogen-bond donors (Lipinski definition) is 1. The third-order valence-electron chi connectivity index (χ3n) is 7.16. The maximum absolute atomic E-state index is 14.2. The first kappa shape index (κ1) is 26.7. The van der Waals surface area contributed by atoms with Gasteiger partial charge in [-0.2, -0.15) is 10.2 Å². The number of carboxylic acid groups (broad SMARTS) is 1. The summed E-state index contributed by atoms with van der Waals surface area (Å²) in [7, 11) is 0. The molecule has 13 heteroatoms. The van der Waals surface area contributed by atoms with E-state index in [0.29, 0.717) is 60.7 Å². The van der Waals surface area contributed by atoms with Gasteiger partial charge >= 0.3 is 5.97 Å². The Kier molecular flexibility index (Phi) is 7.25. The number of hydrogen-bond acceptors (Lipinski definition) is 9. The number of aromatic carboxylic acids is 1. The van der Waals surface area contributed by atoms with Crippen molar-refractivity contribution in [2.45, 2.75) is 32.2 Å². The fourth-order valence-corrected chi connectivity index (χ4v) is 5.70. The number of benzene rings is 1. The molecule has 5 heterocycles. The van der Waals surface area contributed by atoms with Crippen LogP contribution in [-0.2, 0) is 29.2 Å². The first-order valence-corrected chi connectivity index (χ1v) is 13.8. The van der Waals surface area contributed by atoms with Crippen LogP contribution in [0.3, 0.4) is 0 Å². The molecule has 11 nitrogen and oxygen atoms in total. The number of amides is 1. The number of carbonyl (C=O) groups is 2. The molecule has 1 atom stereocenters. The molecule has 1 aromatic carbocycles. The zero-order valence-corrected chi connectivity index (χ0v) is 22.6. The highest BCUT2D eigenvalue weighted by atomic mass is 32.1. The molecule has 0 bridgehead atoms. The standard InChI is InChI=1S/C28H25FN6O5S/c29-20-10-17(12-30)4-5-18(20)16-40-25-3-1-2-23(31-25)33-7-8-34(26(36)15-33)14-24-32-27-21(11-22(41-27)28(37)38)35(24)13-19-6-9-39-19/h1-5,10-11,19H,6-9,13-16H2,(H,37,38). The van der Waals surface area contributed by atoms with Gasteiger partial charge in [-0.05, 0) is 30.7 Å². The number of carboxylic acids is 1. The molecule has 2 aliphatic rings. The van der Waals surface area contributed by atoms with Gasteiger partial charge in [0.2, 0.25) is 11.8 Å². The molecular formula is C28H25FN6O5S. The van der Waals surface area contributed by atoms with Gasteiger partial charge in [0, 0.05) is 31.3 Å². The average Bonchev–Trinajstić information content (AvgIpc) is 3.49. The van der Waals surface area contributed by atoms with E-state index in [0.717, 1.165) is 29.3 Å². The maximum Gasteiger partial charge on any atom is 0.346 e. The van der Waals surface area contributed by atoms with Crippen LogP contribution in [0.15, 0.2) is 42.5 Å². The van der Waals surface area contributed by atoms with E-state index >= 15 is 0 Å². The van der Waals surface area contributed by atoms with Gasteiger partial charge < -0.3 is 28.9 Å². The molecule has 210 valence electrons. The van der Waals surface area contributed by atoms with Gasteiger partial charge in [-0.3, -0.25) is 4.79 Å². The van der Waals surface area contributed by atoms with Crippen LogP contribution in [0.2, 0.25) is 0 Å². The van der Waals surface area contributed by atoms with Crippen molar-refractivity contribution in [1.29, 1.82) is 5.26 Å². The number of carbonyl (C=O) groups excluding carboxylic acids is 1. The summed E-state index contributed by atoms with van der Waals surface area (Å²) in [5.74, 6) is -0.0397. The Morgan fingerprint density at radius 3 is 2.80 bits per heavy atom. The van der Waals surface area contributed by atoms with Crippen LogP contribution >= 0.6 is 11.3 Å². The largest absolute Gasteiger partial charge is 0.477 e. The van der Waals surface area contributed by atoms with Crippen molar-refractivity contribution in [3.05, 3.63) is 70.1 Å². The second-order valence-corrected chi connectivity index (χ2v) is 10.8. The van der Waals surface area contributed by atoms with E-state index in [1.165, 1.54) is 12.1 Å². The van der Waals surface area contributed by atoms with Crippen molar-refractivity contribution >= 4 is 39.4 Å². The number of halogens is 1. The van der Waals surface area contributed by atoms with E-state index in [2.05, 4.69) is 9.97 Å². The van der Waals surface area contributed by atoms with Gasteiger partial charge in [-0.25, -0.2) is 14.2 Å². The summed E-state index contributed by atoms with van der Waals surface area (Å²) in [6.07, 6.45) is 0.964. The monoisotopic (exact) mass is 576 g/mol. The molecule has 4 aromatic rings. The van der Waals surface area contributed by atoms with Crippen LogP contribution in [0.4, 0.5) is 10.2 Å². The Morgan fingerprint density at radius 1 is 1.24 bits per heavy atom. The number of fused-ring (bicyclic) bond motifs is 1. The Morgan fingerprint density at radius 2 is 2.10 bits per heavy atom. The molecule has 6 rings (SSSR count). The minimum atomic E-state index is -0.989. The molecular weight excluding hydrogens is 551 g/mol. The molecule has 2 saturated heterocycles. The average molecular weight is 577 g/mol. The lowest BCUT2D eigenvalue weighted by molar-refractivity contribution is -0.131. The number of ether oxygens (including phenoxy) is 2. The number of rotatable bonds is 9. The van der Waals surface area contributed by atoms with Crippen molar-refractivity contribution in [3.63, 3.8) is 0 Å². The van der Waals surface area contributed by atoms with Crippen LogP contribution in [0.25, 0.3) is 10.3 Å². The van der Waals surface area contributed by atoms with Crippen LogP contribution in [0.5, 0.6) is 5.88 Å². The lowest BCUT2D eigenvalue weighted by Crippen LogP contribution is -2.50. The lowest BCUT2D eigenvalue weighted by Gasteiger charge is -2.35. The summed E-state index contributed by atoms with van der Waals surface area (Å²) in [4.78, 5) is 38.3. The van der Waals surface area contributed by atoms with Gasteiger partial charge in [-0.1, -0.05) is 12.1 Å². The van der Waals surface area contributed by atoms with Crippen LogP contribution < -0.4 is 9.64 Å². The SMILES string of the molecule is N#Cc1ccc(COc2cccc(N3CCN(Cc4nc5sc(C(=O)O)cc5n4CC4CCO4)C(=O)C3)n2)c(F)c1. The molecule has 0 spiro atoms. The van der Waals surface area contributed by atoms with Crippen molar-refractivity contribution in [1.82, 2.24) is 19.4 Å². The third-order valence-corrected chi connectivity index (χ3v) is 8.16. The second-order valence-electron chi connectivity index (χ2n) is 9.80. The highest BCUT2D eigenvalue weighted by molar-refractivity contribution is 7.20. The molecule has 1 N–H and O–H groups in total. The number of aromatic nitrogens is 3. The number of imidazole rings is 1. The highest BCUT2D eigenvalue weighted by Crippen LogP contribution is 2.29. The number of anilines is 1.